The Labute approximate surface area is 320 Å². The molecule has 54 heavy (non-hydrogen) atoms. The van der Waals surface area contributed by atoms with Crippen LogP contribution in [-0.2, 0) is 25.1 Å². The number of sulfone groups is 2. The molecule has 0 atom stereocenters. The van der Waals surface area contributed by atoms with Crippen LogP contribution >= 0.6 is 0 Å². The summed E-state index contributed by atoms with van der Waals surface area (Å²) in [6.07, 6.45) is 0. The minimum absolute atomic E-state index is 0.147. The first-order valence-corrected chi connectivity index (χ1v) is 20.5. The van der Waals surface area contributed by atoms with Crippen molar-refractivity contribution in [3.8, 4) is 28.4 Å². The van der Waals surface area contributed by atoms with E-state index in [4.69, 9.17) is 9.47 Å². The second kappa shape index (κ2) is 16.4. The van der Waals surface area contributed by atoms with Gasteiger partial charge >= 0.3 is 0 Å². The van der Waals surface area contributed by atoms with Gasteiger partial charge in [-0.15, -0.1) is 0 Å². The monoisotopic (exact) mass is 761 g/mol. The van der Waals surface area contributed by atoms with E-state index in [1.807, 2.05) is 71.3 Å². The van der Waals surface area contributed by atoms with Gasteiger partial charge in [0.15, 0.2) is 0 Å². The Morgan fingerprint density at radius 3 is 1.11 bits per heavy atom. The molecular weight excluding hydrogens is 715 g/mol. The van der Waals surface area contributed by atoms with Crippen molar-refractivity contribution < 1.29 is 26.3 Å². The zero-order chi connectivity index (χ0) is 39.1. The van der Waals surface area contributed by atoms with Gasteiger partial charge in [0, 0.05) is 5.41 Å². The van der Waals surface area contributed by atoms with Crippen molar-refractivity contribution in [1.29, 1.82) is 0 Å². The molecule has 0 radical (unpaired) electrons. The smallest absolute Gasteiger partial charge is 0.206 e. The van der Waals surface area contributed by atoms with Crippen molar-refractivity contribution in [2.24, 2.45) is 0 Å². The fourth-order valence-corrected chi connectivity index (χ4v) is 8.29. The van der Waals surface area contributed by atoms with Crippen molar-refractivity contribution in [2.75, 3.05) is 14.1 Å². The van der Waals surface area contributed by atoms with Crippen LogP contribution in [0.3, 0.4) is 0 Å². The van der Waals surface area contributed by atoms with Crippen LogP contribution in [0.1, 0.15) is 45.7 Å². The van der Waals surface area contributed by atoms with Crippen LogP contribution in [-0.4, -0.2) is 36.5 Å². The van der Waals surface area contributed by atoms with Gasteiger partial charge in [-0.05, 0) is 142 Å². The third-order valence-electron chi connectivity index (χ3n) is 8.66. The largest absolute Gasteiger partial charge is 0.488 e. The number of ether oxygens (including phenoxy) is 2. The van der Waals surface area contributed by atoms with Crippen LogP contribution in [0, 0.1) is 0 Å². The van der Waals surface area contributed by atoms with Crippen molar-refractivity contribution in [1.82, 2.24) is 5.32 Å². The van der Waals surface area contributed by atoms with E-state index in [2.05, 4.69) is 31.3 Å². The first-order valence-electron chi connectivity index (χ1n) is 17.6. The SMILES string of the molecule is CC(C)(C)Oc1ccc(C(C)(C)c2ccc(Oc3ccc(S(=O)(=O)c4ccc(-c5ccc(S(=O)(=O)c6ccccc6)cc5)cc4)cc3)cc2)cc1.CNC. The minimum atomic E-state index is -3.79. The standard InChI is InChI=1S/C43H40O6S2.C2H7N/c1-42(2,3)49-37-21-17-34(18-22-37)43(4,5)33-15-19-35(20-16-33)48-36-23-29-41(30-24-36)51(46,47)40-27-13-32(14-28-40)31-11-25-39(26-12-31)50(44,45)38-9-7-6-8-10-38;1-3-2/h6-30H,1-5H3;3H,1-2H3. The van der Waals surface area contributed by atoms with Crippen LogP contribution in [0.25, 0.3) is 11.1 Å². The summed E-state index contributed by atoms with van der Waals surface area (Å²) in [7, 11) is -3.67. The topological polar surface area (TPSA) is 98.8 Å². The highest BCUT2D eigenvalue weighted by atomic mass is 32.2. The Morgan fingerprint density at radius 2 is 0.741 bits per heavy atom. The van der Waals surface area contributed by atoms with Gasteiger partial charge in [0.1, 0.15) is 22.8 Å². The summed E-state index contributed by atoms with van der Waals surface area (Å²) in [6.45, 7) is 10.4. The van der Waals surface area contributed by atoms with Crippen molar-refractivity contribution in [3.63, 3.8) is 0 Å². The molecule has 0 spiro atoms. The maximum atomic E-state index is 13.5. The van der Waals surface area contributed by atoms with E-state index in [0.717, 1.165) is 28.0 Å². The van der Waals surface area contributed by atoms with E-state index < -0.39 is 19.7 Å². The van der Waals surface area contributed by atoms with Crippen LogP contribution in [0.5, 0.6) is 17.2 Å². The summed E-state index contributed by atoms with van der Waals surface area (Å²) in [5, 5.41) is 2.75. The number of hydrogen-bond acceptors (Lipinski definition) is 7. The summed E-state index contributed by atoms with van der Waals surface area (Å²) in [6, 6.07) is 43.8. The number of rotatable bonds is 10. The first kappa shape index (κ1) is 40.0. The van der Waals surface area contributed by atoms with Crippen molar-refractivity contribution >= 4 is 19.7 Å². The van der Waals surface area contributed by atoms with Gasteiger partial charge in [-0.3, -0.25) is 0 Å². The third-order valence-corrected chi connectivity index (χ3v) is 12.2. The molecule has 6 aromatic carbocycles. The highest BCUT2D eigenvalue weighted by molar-refractivity contribution is 7.91. The van der Waals surface area contributed by atoms with Crippen LogP contribution in [0.4, 0.5) is 0 Å². The van der Waals surface area contributed by atoms with Crippen LogP contribution in [0.15, 0.2) is 171 Å². The number of nitrogens with one attached hydrogen (secondary N) is 1. The fourth-order valence-electron chi connectivity index (χ4n) is 5.75. The van der Waals surface area contributed by atoms with Gasteiger partial charge < -0.3 is 14.8 Å². The maximum Gasteiger partial charge on any atom is 0.206 e. The fraction of sp³-hybridized carbons (Fsp3) is 0.200. The van der Waals surface area contributed by atoms with E-state index >= 15 is 0 Å². The zero-order valence-electron chi connectivity index (χ0n) is 31.7. The highest BCUT2D eigenvalue weighted by Gasteiger charge is 2.24. The molecule has 6 aromatic rings. The lowest BCUT2D eigenvalue weighted by Crippen LogP contribution is -2.23. The predicted molar refractivity (Wildman–Crippen MR) is 216 cm³/mol. The summed E-state index contributed by atoms with van der Waals surface area (Å²) in [4.78, 5) is 0.715. The van der Waals surface area contributed by atoms with E-state index in [9.17, 15) is 16.8 Å². The molecule has 9 heteroatoms. The first-order chi connectivity index (χ1) is 25.5. The Bertz CT molecular complexity index is 2350. The highest BCUT2D eigenvalue weighted by Crippen LogP contribution is 2.35. The Morgan fingerprint density at radius 1 is 0.426 bits per heavy atom. The average molecular weight is 762 g/mol. The van der Waals surface area contributed by atoms with Gasteiger partial charge in [0.2, 0.25) is 19.7 Å². The maximum absolute atomic E-state index is 13.5. The predicted octanol–water partition coefficient (Wildman–Crippen LogP) is 10.2. The molecule has 0 unspecified atom stereocenters. The number of hydrogen-bond donors (Lipinski definition) is 1. The lowest BCUT2D eigenvalue weighted by atomic mass is 9.78. The molecule has 0 aliphatic carbocycles. The average Bonchev–Trinajstić information content (AvgIpc) is 3.16. The molecule has 0 bridgehead atoms. The Balaban J connectivity index is 0.00000181. The lowest BCUT2D eigenvalue weighted by molar-refractivity contribution is 0.131. The lowest BCUT2D eigenvalue weighted by Gasteiger charge is -2.27. The Kier molecular flexibility index (Phi) is 12.2. The normalized spacial score (nSPS) is 12.0. The van der Waals surface area contributed by atoms with Crippen LogP contribution in [0.2, 0.25) is 0 Å². The van der Waals surface area contributed by atoms with Gasteiger partial charge in [-0.25, -0.2) is 16.8 Å². The van der Waals surface area contributed by atoms with Crippen molar-refractivity contribution in [3.05, 3.63) is 163 Å². The van der Waals surface area contributed by atoms with E-state index in [0.29, 0.717) is 11.5 Å². The van der Waals surface area contributed by atoms with E-state index in [1.54, 1.807) is 91.0 Å². The Hall–Kier alpha value is -5.22. The van der Waals surface area contributed by atoms with Gasteiger partial charge in [0.25, 0.3) is 0 Å². The van der Waals surface area contributed by atoms with Crippen LogP contribution < -0.4 is 14.8 Å². The molecule has 0 saturated carbocycles. The zero-order valence-corrected chi connectivity index (χ0v) is 33.3. The summed E-state index contributed by atoms with van der Waals surface area (Å²) < 4.78 is 64.8. The molecule has 0 saturated heterocycles. The molecule has 1 N–H and O–H groups in total. The molecule has 0 aliphatic rings. The summed E-state index contributed by atoms with van der Waals surface area (Å²) >= 11 is 0. The molecule has 0 aromatic heterocycles. The molecular formula is C45H47NO6S2. The summed E-state index contributed by atoms with van der Waals surface area (Å²) in [5.41, 5.74) is 3.31. The quantitative estimate of drug-likeness (QED) is 0.148. The summed E-state index contributed by atoms with van der Waals surface area (Å²) in [5.74, 6) is 1.99. The van der Waals surface area contributed by atoms with E-state index in [1.165, 1.54) is 12.1 Å². The molecule has 0 aliphatic heterocycles. The van der Waals surface area contributed by atoms with Crippen molar-refractivity contribution in [2.45, 2.75) is 65.2 Å². The minimum Gasteiger partial charge on any atom is -0.488 e. The number of benzene rings is 6. The van der Waals surface area contributed by atoms with Gasteiger partial charge in [0.05, 0.1) is 19.6 Å². The van der Waals surface area contributed by atoms with E-state index in [-0.39, 0.29) is 30.6 Å². The molecule has 6 rings (SSSR count). The third kappa shape index (κ3) is 9.46. The molecule has 0 amide bonds. The molecule has 280 valence electrons. The molecule has 0 heterocycles. The molecule has 0 fully saturated rings. The van der Waals surface area contributed by atoms with Gasteiger partial charge in [-0.1, -0.05) is 80.6 Å². The second-order valence-electron chi connectivity index (χ2n) is 14.3. The second-order valence-corrected chi connectivity index (χ2v) is 18.2. The van der Waals surface area contributed by atoms with Gasteiger partial charge in [-0.2, -0.15) is 0 Å². The molecule has 7 nitrogen and oxygen atoms in total.